The van der Waals surface area contributed by atoms with Gasteiger partial charge in [0.2, 0.25) is 5.91 Å². The van der Waals surface area contributed by atoms with Crippen LogP contribution in [0.15, 0.2) is 29.6 Å². The van der Waals surface area contributed by atoms with Crippen molar-refractivity contribution < 1.29 is 14.3 Å². The number of ether oxygens (including phenoxy) is 2. The third-order valence-electron chi connectivity index (χ3n) is 5.35. The average molecular weight is 417 g/mol. The standard InChI is InChI=1S/C21H28N4O3S/c1-16-22-17(15-29-16)11-24-7-9-25(10-8-24)13-21(26)23(2)12-18-14-27-19-5-3-4-6-20(19)28-18/h3-6,15,18H,7-14H2,1-2H3/t18-/m0/s1. The SMILES string of the molecule is Cc1nc(CN2CCN(CC(=O)N(C)C[C@H]3COc4ccccc4O3)CC2)cs1. The second-order valence-electron chi connectivity index (χ2n) is 7.68. The maximum Gasteiger partial charge on any atom is 0.236 e. The van der Waals surface area contributed by atoms with Gasteiger partial charge in [-0.15, -0.1) is 11.3 Å². The molecule has 156 valence electrons. The Morgan fingerprint density at radius 3 is 2.66 bits per heavy atom. The number of thiazole rings is 1. The summed E-state index contributed by atoms with van der Waals surface area (Å²) in [5.41, 5.74) is 1.15. The van der Waals surface area contributed by atoms with Crippen LogP contribution in [-0.2, 0) is 11.3 Å². The Balaban J connectivity index is 1.20. The molecular weight excluding hydrogens is 388 g/mol. The fourth-order valence-corrected chi connectivity index (χ4v) is 4.29. The van der Waals surface area contributed by atoms with Crippen molar-refractivity contribution in [1.82, 2.24) is 19.7 Å². The summed E-state index contributed by atoms with van der Waals surface area (Å²) >= 11 is 1.70. The molecule has 0 bridgehead atoms. The largest absolute Gasteiger partial charge is 0.486 e. The lowest BCUT2D eigenvalue weighted by atomic mass is 10.2. The van der Waals surface area contributed by atoms with Gasteiger partial charge in [0.15, 0.2) is 17.6 Å². The predicted octanol–water partition coefficient (Wildman–Crippen LogP) is 1.87. The highest BCUT2D eigenvalue weighted by molar-refractivity contribution is 7.09. The van der Waals surface area contributed by atoms with E-state index >= 15 is 0 Å². The quantitative estimate of drug-likeness (QED) is 0.717. The molecule has 1 aromatic carbocycles. The van der Waals surface area contributed by atoms with E-state index in [9.17, 15) is 4.79 Å². The van der Waals surface area contributed by atoms with E-state index in [0.29, 0.717) is 19.7 Å². The number of piperazine rings is 1. The van der Waals surface area contributed by atoms with E-state index in [1.807, 2.05) is 38.2 Å². The van der Waals surface area contributed by atoms with Gasteiger partial charge in [0.05, 0.1) is 23.8 Å². The fourth-order valence-electron chi connectivity index (χ4n) is 3.69. The van der Waals surface area contributed by atoms with Gasteiger partial charge in [-0.25, -0.2) is 4.98 Å². The molecule has 1 aromatic heterocycles. The van der Waals surface area contributed by atoms with Gasteiger partial charge < -0.3 is 14.4 Å². The average Bonchev–Trinajstić information content (AvgIpc) is 3.14. The van der Waals surface area contributed by atoms with Gasteiger partial charge in [-0.2, -0.15) is 0 Å². The molecule has 0 saturated carbocycles. The molecule has 29 heavy (non-hydrogen) atoms. The first-order chi connectivity index (χ1) is 14.1. The minimum Gasteiger partial charge on any atom is -0.486 e. The molecule has 4 rings (SSSR count). The van der Waals surface area contributed by atoms with Gasteiger partial charge in [0, 0.05) is 45.2 Å². The number of para-hydroxylation sites is 2. The molecule has 8 heteroatoms. The highest BCUT2D eigenvalue weighted by Gasteiger charge is 2.25. The third-order valence-corrected chi connectivity index (χ3v) is 6.17. The first kappa shape index (κ1) is 20.1. The van der Waals surface area contributed by atoms with E-state index in [-0.39, 0.29) is 12.0 Å². The van der Waals surface area contributed by atoms with Gasteiger partial charge in [-0.3, -0.25) is 14.6 Å². The number of carbonyl (C=O) groups is 1. The first-order valence-corrected chi connectivity index (χ1v) is 10.9. The topological polar surface area (TPSA) is 58.1 Å². The van der Waals surface area contributed by atoms with Crippen LogP contribution >= 0.6 is 11.3 Å². The van der Waals surface area contributed by atoms with Crippen LogP contribution < -0.4 is 9.47 Å². The van der Waals surface area contributed by atoms with Crippen LogP contribution in [0.4, 0.5) is 0 Å². The number of amides is 1. The molecule has 2 aliphatic heterocycles. The van der Waals surface area contributed by atoms with Gasteiger partial charge in [0.1, 0.15) is 6.61 Å². The number of aromatic nitrogens is 1. The first-order valence-electron chi connectivity index (χ1n) is 10.0. The number of nitrogens with zero attached hydrogens (tertiary/aromatic N) is 4. The molecule has 3 heterocycles. The Bertz CT molecular complexity index is 835. The van der Waals surface area contributed by atoms with E-state index < -0.39 is 0 Å². The molecule has 0 unspecified atom stereocenters. The zero-order chi connectivity index (χ0) is 20.2. The minimum atomic E-state index is -0.141. The normalized spacial score (nSPS) is 19.9. The number of carbonyl (C=O) groups excluding carboxylic acids is 1. The maximum atomic E-state index is 12.7. The zero-order valence-corrected chi connectivity index (χ0v) is 17.9. The zero-order valence-electron chi connectivity index (χ0n) is 17.0. The molecule has 0 spiro atoms. The van der Waals surface area contributed by atoms with Crippen molar-refractivity contribution in [3.63, 3.8) is 0 Å². The fraction of sp³-hybridized carbons (Fsp3) is 0.524. The smallest absolute Gasteiger partial charge is 0.236 e. The number of hydrogen-bond donors (Lipinski definition) is 0. The molecule has 0 N–H and O–H groups in total. The second kappa shape index (κ2) is 9.11. The molecule has 1 atom stereocenters. The number of hydrogen-bond acceptors (Lipinski definition) is 7. The molecule has 1 amide bonds. The van der Waals surface area contributed by atoms with Crippen molar-refractivity contribution >= 4 is 17.2 Å². The highest BCUT2D eigenvalue weighted by atomic mass is 32.1. The van der Waals surface area contributed by atoms with Crippen LogP contribution in [0.5, 0.6) is 11.5 Å². The van der Waals surface area contributed by atoms with E-state index in [0.717, 1.165) is 54.9 Å². The van der Waals surface area contributed by atoms with Gasteiger partial charge in [0.25, 0.3) is 0 Å². The molecule has 2 aromatic rings. The lowest BCUT2D eigenvalue weighted by Gasteiger charge is -2.35. The van der Waals surface area contributed by atoms with Gasteiger partial charge >= 0.3 is 0 Å². The van der Waals surface area contributed by atoms with Crippen molar-refractivity contribution in [3.05, 3.63) is 40.3 Å². The number of rotatable bonds is 6. The van der Waals surface area contributed by atoms with E-state index in [1.54, 1.807) is 16.2 Å². The lowest BCUT2D eigenvalue weighted by Crippen LogP contribution is -2.50. The Hall–Kier alpha value is -2.16. The van der Waals surface area contributed by atoms with Gasteiger partial charge in [-0.1, -0.05) is 12.1 Å². The highest BCUT2D eigenvalue weighted by Crippen LogP contribution is 2.30. The van der Waals surface area contributed by atoms with Crippen LogP contribution in [0.3, 0.4) is 0 Å². The summed E-state index contributed by atoms with van der Waals surface area (Å²) in [5, 5.41) is 3.25. The summed E-state index contributed by atoms with van der Waals surface area (Å²) in [4.78, 5) is 23.6. The summed E-state index contributed by atoms with van der Waals surface area (Å²) < 4.78 is 11.7. The van der Waals surface area contributed by atoms with Crippen LogP contribution in [0.2, 0.25) is 0 Å². The Morgan fingerprint density at radius 1 is 1.21 bits per heavy atom. The summed E-state index contributed by atoms with van der Waals surface area (Å²) in [6.45, 7) is 8.10. The Labute approximate surface area is 175 Å². The monoisotopic (exact) mass is 416 g/mol. The third kappa shape index (κ3) is 5.26. The Kier molecular flexibility index (Phi) is 6.32. The minimum absolute atomic E-state index is 0.121. The van der Waals surface area contributed by atoms with Crippen molar-refractivity contribution in [2.45, 2.75) is 19.6 Å². The summed E-state index contributed by atoms with van der Waals surface area (Å²) in [6, 6.07) is 7.65. The van der Waals surface area contributed by atoms with Crippen LogP contribution in [-0.4, -0.2) is 84.6 Å². The summed E-state index contributed by atoms with van der Waals surface area (Å²) in [7, 11) is 1.84. The number of fused-ring (bicyclic) bond motifs is 1. The molecule has 1 fully saturated rings. The molecule has 7 nitrogen and oxygen atoms in total. The number of likely N-dealkylation sites (N-methyl/N-ethyl adjacent to an activating group) is 1. The van der Waals surface area contributed by atoms with Crippen LogP contribution in [0.25, 0.3) is 0 Å². The van der Waals surface area contributed by atoms with Crippen molar-refractivity contribution in [2.75, 3.05) is 52.9 Å². The Morgan fingerprint density at radius 2 is 1.93 bits per heavy atom. The molecule has 0 radical (unpaired) electrons. The number of aryl methyl sites for hydroxylation is 1. The van der Waals surface area contributed by atoms with E-state index in [2.05, 4.69) is 20.2 Å². The second-order valence-corrected chi connectivity index (χ2v) is 8.74. The number of benzene rings is 1. The van der Waals surface area contributed by atoms with E-state index in [4.69, 9.17) is 9.47 Å². The lowest BCUT2D eigenvalue weighted by molar-refractivity contribution is -0.133. The molecule has 1 saturated heterocycles. The molecular formula is C21H28N4O3S. The molecule has 0 aliphatic carbocycles. The van der Waals surface area contributed by atoms with Gasteiger partial charge in [-0.05, 0) is 19.1 Å². The van der Waals surface area contributed by atoms with Crippen molar-refractivity contribution in [2.24, 2.45) is 0 Å². The predicted molar refractivity (Wildman–Crippen MR) is 113 cm³/mol. The maximum absolute atomic E-state index is 12.7. The van der Waals surface area contributed by atoms with E-state index in [1.165, 1.54) is 0 Å². The van der Waals surface area contributed by atoms with Crippen LogP contribution in [0.1, 0.15) is 10.7 Å². The van der Waals surface area contributed by atoms with Crippen LogP contribution in [0, 0.1) is 6.92 Å². The molecule has 2 aliphatic rings. The van der Waals surface area contributed by atoms with Crippen molar-refractivity contribution in [1.29, 1.82) is 0 Å². The van der Waals surface area contributed by atoms with Crippen molar-refractivity contribution in [3.8, 4) is 11.5 Å². The summed E-state index contributed by atoms with van der Waals surface area (Å²) in [6.07, 6.45) is -0.141. The summed E-state index contributed by atoms with van der Waals surface area (Å²) in [5.74, 6) is 1.63.